The number of ether oxygens (including phenoxy) is 1. The van der Waals surface area contributed by atoms with Gasteiger partial charge in [-0.05, 0) is 30.3 Å². The molecule has 0 fully saturated rings. The van der Waals surface area contributed by atoms with E-state index in [2.05, 4.69) is 10.2 Å². The summed E-state index contributed by atoms with van der Waals surface area (Å²) < 4.78 is 5.71. The second kappa shape index (κ2) is 4.37. The molecule has 0 aliphatic rings. The van der Waals surface area contributed by atoms with Gasteiger partial charge in [-0.25, -0.2) is 0 Å². The van der Waals surface area contributed by atoms with Crippen LogP contribution in [0.3, 0.4) is 0 Å². The average molecular weight is 275 g/mol. The summed E-state index contributed by atoms with van der Waals surface area (Å²) in [6, 6.07) is 10.6. The van der Waals surface area contributed by atoms with E-state index >= 15 is 0 Å². The largest absolute Gasteiger partial charge is 0.456 e. The first-order chi connectivity index (χ1) is 9.13. The Morgan fingerprint density at radius 2 is 1.95 bits per heavy atom. The van der Waals surface area contributed by atoms with Crippen LogP contribution >= 0.6 is 11.6 Å². The Bertz CT molecular complexity index is 753. The van der Waals surface area contributed by atoms with Gasteiger partial charge in [-0.2, -0.15) is 5.10 Å². The number of aromatic nitrogens is 2. The first-order valence-corrected chi connectivity index (χ1v) is 5.98. The highest BCUT2D eigenvalue weighted by molar-refractivity contribution is 6.32. The molecule has 0 bridgehead atoms. The predicted octanol–water partition coefficient (Wildman–Crippen LogP) is 3.17. The molecule has 1 aromatic heterocycles. The molecule has 0 saturated heterocycles. The molecule has 0 atom stereocenters. The standard InChI is InChI=1S/C13H11ClN4O/c14-10-5-7(15)1-4-12(10)19-8-2-3-9-11(6-8)17-18-13(9)16/h1-6H,15H2,(H3,16,17,18). The third-order valence-corrected chi connectivity index (χ3v) is 3.04. The molecule has 0 amide bonds. The van der Waals surface area contributed by atoms with Gasteiger partial charge in [0.15, 0.2) is 5.82 Å². The van der Waals surface area contributed by atoms with E-state index in [0.29, 0.717) is 28.0 Å². The minimum absolute atomic E-state index is 0.462. The molecule has 2 aromatic carbocycles. The Morgan fingerprint density at radius 3 is 2.74 bits per heavy atom. The zero-order chi connectivity index (χ0) is 13.4. The lowest BCUT2D eigenvalue weighted by atomic mass is 10.2. The second-order valence-electron chi connectivity index (χ2n) is 4.11. The Hall–Kier alpha value is -2.40. The summed E-state index contributed by atoms with van der Waals surface area (Å²) >= 11 is 6.06. The number of nitrogens with two attached hydrogens (primary N) is 2. The lowest BCUT2D eigenvalue weighted by molar-refractivity contribution is 0.483. The van der Waals surface area contributed by atoms with E-state index in [9.17, 15) is 0 Å². The Labute approximate surface area is 114 Å². The average Bonchev–Trinajstić information content (AvgIpc) is 2.74. The summed E-state index contributed by atoms with van der Waals surface area (Å²) in [4.78, 5) is 0. The van der Waals surface area contributed by atoms with Crippen molar-refractivity contribution < 1.29 is 4.74 Å². The van der Waals surface area contributed by atoms with Gasteiger partial charge in [-0.1, -0.05) is 11.6 Å². The van der Waals surface area contributed by atoms with Gasteiger partial charge in [-0.3, -0.25) is 5.10 Å². The van der Waals surface area contributed by atoms with Crippen molar-refractivity contribution in [3.05, 3.63) is 41.4 Å². The van der Waals surface area contributed by atoms with Crippen molar-refractivity contribution in [1.29, 1.82) is 0 Å². The molecule has 0 unspecified atom stereocenters. The van der Waals surface area contributed by atoms with Gasteiger partial charge < -0.3 is 16.2 Å². The number of hydrogen-bond acceptors (Lipinski definition) is 4. The zero-order valence-corrected chi connectivity index (χ0v) is 10.6. The Kier molecular flexibility index (Phi) is 2.68. The van der Waals surface area contributed by atoms with E-state index in [4.69, 9.17) is 27.8 Å². The number of fused-ring (bicyclic) bond motifs is 1. The number of anilines is 2. The summed E-state index contributed by atoms with van der Waals surface area (Å²) in [5.41, 5.74) is 12.7. The summed E-state index contributed by atoms with van der Waals surface area (Å²) in [5.74, 6) is 1.65. The van der Waals surface area contributed by atoms with Crippen LogP contribution in [0.2, 0.25) is 5.02 Å². The van der Waals surface area contributed by atoms with Gasteiger partial charge in [0.2, 0.25) is 0 Å². The highest BCUT2D eigenvalue weighted by atomic mass is 35.5. The lowest BCUT2D eigenvalue weighted by Gasteiger charge is -2.08. The number of halogens is 1. The fourth-order valence-electron chi connectivity index (χ4n) is 1.81. The molecular weight excluding hydrogens is 264 g/mol. The van der Waals surface area contributed by atoms with Crippen LogP contribution in [-0.2, 0) is 0 Å². The summed E-state index contributed by atoms with van der Waals surface area (Å²) in [7, 11) is 0. The van der Waals surface area contributed by atoms with E-state index in [-0.39, 0.29) is 0 Å². The van der Waals surface area contributed by atoms with Gasteiger partial charge in [0.25, 0.3) is 0 Å². The topological polar surface area (TPSA) is 89.9 Å². The summed E-state index contributed by atoms with van der Waals surface area (Å²) in [6.45, 7) is 0. The number of nitrogens with one attached hydrogen (secondary N) is 1. The zero-order valence-electron chi connectivity index (χ0n) is 9.85. The molecule has 0 aliphatic carbocycles. The molecule has 3 aromatic rings. The molecule has 5 nitrogen and oxygen atoms in total. The highest BCUT2D eigenvalue weighted by Crippen LogP contribution is 2.32. The fourth-order valence-corrected chi connectivity index (χ4v) is 2.04. The van der Waals surface area contributed by atoms with Gasteiger partial charge in [0.05, 0.1) is 10.5 Å². The number of rotatable bonds is 2. The van der Waals surface area contributed by atoms with Crippen molar-refractivity contribution in [2.45, 2.75) is 0 Å². The van der Waals surface area contributed by atoms with Crippen LogP contribution in [0, 0.1) is 0 Å². The minimum atomic E-state index is 0.462. The van der Waals surface area contributed by atoms with Crippen LogP contribution < -0.4 is 16.2 Å². The van der Waals surface area contributed by atoms with Crippen molar-refractivity contribution in [3.63, 3.8) is 0 Å². The SMILES string of the molecule is Nc1ccc(Oc2ccc3c(N)n[nH]c3c2)c(Cl)c1. The van der Waals surface area contributed by atoms with E-state index < -0.39 is 0 Å². The normalized spacial score (nSPS) is 10.8. The number of aromatic amines is 1. The van der Waals surface area contributed by atoms with Crippen LogP contribution in [0.5, 0.6) is 11.5 Å². The Balaban J connectivity index is 1.96. The highest BCUT2D eigenvalue weighted by Gasteiger charge is 2.06. The molecule has 19 heavy (non-hydrogen) atoms. The maximum absolute atomic E-state index is 6.06. The van der Waals surface area contributed by atoms with Gasteiger partial charge >= 0.3 is 0 Å². The molecular formula is C13H11ClN4O. The molecule has 0 spiro atoms. The molecule has 6 heteroatoms. The molecule has 5 N–H and O–H groups in total. The summed E-state index contributed by atoms with van der Waals surface area (Å²) in [6.07, 6.45) is 0. The number of hydrogen-bond donors (Lipinski definition) is 3. The number of benzene rings is 2. The number of nitrogens with zero attached hydrogens (tertiary/aromatic N) is 1. The molecule has 0 saturated carbocycles. The van der Waals surface area contributed by atoms with Gasteiger partial charge in [-0.15, -0.1) is 0 Å². The monoisotopic (exact) mass is 274 g/mol. The van der Waals surface area contributed by atoms with Crippen molar-refractivity contribution in [2.24, 2.45) is 0 Å². The lowest BCUT2D eigenvalue weighted by Crippen LogP contribution is -1.88. The van der Waals surface area contributed by atoms with E-state index in [1.54, 1.807) is 24.3 Å². The van der Waals surface area contributed by atoms with Crippen molar-refractivity contribution >= 4 is 34.0 Å². The van der Waals surface area contributed by atoms with Crippen LogP contribution in [0.1, 0.15) is 0 Å². The van der Waals surface area contributed by atoms with E-state index in [1.807, 2.05) is 12.1 Å². The smallest absolute Gasteiger partial charge is 0.153 e. The second-order valence-corrected chi connectivity index (χ2v) is 4.52. The first kappa shape index (κ1) is 11.7. The maximum atomic E-state index is 6.06. The maximum Gasteiger partial charge on any atom is 0.153 e. The van der Waals surface area contributed by atoms with Crippen LogP contribution in [0.4, 0.5) is 11.5 Å². The fraction of sp³-hybridized carbons (Fsp3) is 0. The molecule has 0 radical (unpaired) electrons. The third kappa shape index (κ3) is 2.15. The summed E-state index contributed by atoms with van der Waals surface area (Å²) in [5, 5.41) is 8.08. The quantitative estimate of drug-likeness (QED) is 0.626. The third-order valence-electron chi connectivity index (χ3n) is 2.75. The minimum Gasteiger partial charge on any atom is -0.456 e. The molecule has 1 heterocycles. The van der Waals surface area contributed by atoms with Gasteiger partial charge in [0, 0.05) is 17.1 Å². The van der Waals surface area contributed by atoms with Crippen molar-refractivity contribution in [2.75, 3.05) is 11.5 Å². The van der Waals surface area contributed by atoms with E-state index in [0.717, 1.165) is 10.9 Å². The first-order valence-electron chi connectivity index (χ1n) is 5.60. The van der Waals surface area contributed by atoms with Crippen LogP contribution in [0.15, 0.2) is 36.4 Å². The van der Waals surface area contributed by atoms with Crippen LogP contribution in [-0.4, -0.2) is 10.2 Å². The van der Waals surface area contributed by atoms with Crippen LogP contribution in [0.25, 0.3) is 10.9 Å². The Morgan fingerprint density at radius 1 is 1.11 bits per heavy atom. The molecule has 96 valence electrons. The van der Waals surface area contributed by atoms with Crippen molar-refractivity contribution in [3.8, 4) is 11.5 Å². The van der Waals surface area contributed by atoms with E-state index in [1.165, 1.54) is 0 Å². The van der Waals surface area contributed by atoms with Gasteiger partial charge in [0.1, 0.15) is 11.5 Å². The van der Waals surface area contributed by atoms with Crippen molar-refractivity contribution in [1.82, 2.24) is 10.2 Å². The number of nitrogen functional groups attached to an aromatic ring is 2. The molecule has 0 aliphatic heterocycles. The number of H-pyrrole nitrogens is 1. The molecule has 3 rings (SSSR count). The predicted molar refractivity (Wildman–Crippen MR) is 76.4 cm³/mol.